The summed E-state index contributed by atoms with van der Waals surface area (Å²) in [5.41, 5.74) is -29.9. The van der Waals surface area contributed by atoms with Crippen molar-refractivity contribution in [3.8, 4) is 0 Å². The molecular formula is C13H5F15O2. The van der Waals surface area contributed by atoms with Crippen LogP contribution >= 0.6 is 0 Å². The molecule has 174 valence electrons. The Balaban J connectivity index is 2.62. The van der Waals surface area contributed by atoms with Crippen LogP contribution < -0.4 is 0 Å². The van der Waals surface area contributed by atoms with Crippen molar-refractivity contribution < 1.29 is 75.3 Å². The van der Waals surface area contributed by atoms with Gasteiger partial charge in [-0.15, -0.1) is 0 Å². The fraction of sp³-hybridized carbons (Fsp3) is 0.846. The zero-order chi connectivity index (χ0) is 23.8. The molecule has 0 aromatic rings. The number of rotatable bonds is 4. The summed E-state index contributed by atoms with van der Waals surface area (Å²) in [7, 11) is 0. The highest BCUT2D eigenvalue weighted by atomic mass is 19.3. The molecule has 0 aromatic heterocycles. The second kappa shape index (κ2) is 4.92. The highest BCUT2D eigenvalue weighted by Gasteiger charge is 3.23. The molecule has 17 heteroatoms. The van der Waals surface area contributed by atoms with Crippen molar-refractivity contribution in [3.63, 3.8) is 0 Å². The molecule has 4 rings (SSSR count). The molecule has 30 heavy (non-hydrogen) atoms. The molecule has 0 atom stereocenters. The van der Waals surface area contributed by atoms with Gasteiger partial charge in [-0.1, -0.05) is 6.58 Å². The second-order valence-electron chi connectivity index (χ2n) is 6.70. The van der Waals surface area contributed by atoms with Gasteiger partial charge in [0.05, 0.1) is 6.26 Å². The number of alkyl halides is 15. The van der Waals surface area contributed by atoms with Crippen molar-refractivity contribution in [1.29, 1.82) is 0 Å². The van der Waals surface area contributed by atoms with Crippen molar-refractivity contribution >= 4 is 0 Å². The zero-order valence-corrected chi connectivity index (χ0v) is 13.5. The Morgan fingerprint density at radius 2 is 0.767 bits per heavy atom. The standard InChI is InChI=1S/C13H5F15O2/c1-2-29-3-30-7-11(23,24)4(14)8(17,18)5(15,12(7,25)26)10(21,22)6(16,9(4,19)20)13(7,27)28/h2H,1,3H2. The third kappa shape index (κ3) is 1.35. The SMILES string of the molecule is C=COCOC12C(F)(F)C3(F)C(F)(F)C(F)(C(F)(F)C(F)(C3(F)F)C1(F)F)C2(F)F. The highest BCUT2D eigenvalue weighted by Crippen LogP contribution is 2.88. The number of hydrogen-bond acceptors (Lipinski definition) is 2. The van der Waals surface area contributed by atoms with Gasteiger partial charge >= 0.3 is 52.5 Å². The normalized spacial score (nSPS) is 47.7. The fourth-order valence-electron chi connectivity index (χ4n) is 4.25. The highest BCUT2D eigenvalue weighted by molar-refractivity contribution is 5.54. The summed E-state index contributed by atoms with van der Waals surface area (Å²) in [4.78, 5) is 0. The zero-order valence-electron chi connectivity index (χ0n) is 13.5. The Morgan fingerprint density at radius 1 is 0.500 bits per heavy atom. The summed E-state index contributed by atoms with van der Waals surface area (Å²) in [6.07, 6.45) is 0.0500. The van der Waals surface area contributed by atoms with Crippen LogP contribution in [0.5, 0.6) is 0 Å². The van der Waals surface area contributed by atoms with E-state index in [-0.39, 0.29) is 6.26 Å². The molecule has 0 saturated heterocycles. The first-order chi connectivity index (χ1) is 13.1. The van der Waals surface area contributed by atoms with Gasteiger partial charge in [0.15, 0.2) is 6.79 Å². The van der Waals surface area contributed by atoms with E-state index in [0.29, 0.717) is 0 Å². The van der Waals surface area contributed by atoms with E-state index in [2.05, 4.69) is 16.1 Å². The van der Waals surface area contributed by atoms with E-state index >= 15 is 0 Å². The van der Waals surface area contributed by atoms with Gasteiger partial charge in [0.25, 0.3) is 5.60 Å². The smallest absolute Gasteiger partial charge is 0.339 e. The summed E-state index contributed by atoms with van der Waals surface area (Å²) in [6, 6.07) is 0. The molecule has 0 unspecified atom stereocenters. The first-order valence-electron chi connectivity index (χ1n) is 7.26. The molecular weight excluding hydrogens is 473 g/mol. The Bertz CT molecular complexity index is 691. The molecule has 0 spiro atoms. The third-order valence-electron chi connectivity index (χ3n) is 5.68. The van der Waals surface area contributed by atoms with Gasteiger partial charge in [0.2, 0.25) is 0 Å². The predicted octanol–water partition coefficient (Wildman–Crippen LogP) is 4.84. The van der Waals surface area contributed by atoms with E-state index < -0.39 is 64.9 Å². The van der Waals surface area contributed by atoms with Crippen molar-refractivity contribution in [1.82, 2.24) is 0 Å². The van der Waals surface area contributed by atoms with Gasteiger partial charge in [0, 0.05) is 0 Å². The van der Waals surface area contributed by atoms with Crippen LogP contribution in [-0.2, 0) is 9.47 Å². The van der Waals surface area contributed by atoms with Crippen molar-refractivity contribution in [2.45, 2.75) is 58.1 Å². The summed E-state index contributed by atoms with van der Waals surface area (Å²) in [6.45, 7) is 0.195. The summed E-state index contributed by atoms with van der Waals surface area (Å²) >= 11 is 0. The quantitative estimate of drug-likeness (QED) is 0.250. The van der Waals surface area contributed by atoms with Crippen molar-refractivity contribution in [2.24, 2.45) is 0 Å². The van der Waals surface area contributed by atoms with Crippen LogP contribution in [0.25, 0.3) is 0 Å². The van der Waals surface area contributed by atoms with Crippen LogP contribution in [-0.4, -0.2) is 64.9 Å². The maximum Gasteiger partial charge on any atom is 0.339 e. The van der Waals surface area contributed by atoms with Crippen molar-refractivity contribution in [3.05, 3.63) is 12.8 Å². The Morgan fingerprint density at radius 3 is 1.00 bits per heavy atom. The van der Waals surface area contributed by atoms with E-state index in [1.54, 1.807) is 0 Å². The lowest BCUT2D eigenvalue weighted by atomic mass is 9.40. The Labute approximate surface area is 154 Å². The van der Waals surface area contributed by atoms with Gasteiger partial charge < -0.3 is 9.47 Å². The molecule has 0 amide bonds. The van der Waals surface area contributed by atoms with E-state index in [1.807, 2.05) is 0 Å². The van der Waals surface area contributed by atoms with E-state index in [4.69, 9.17) is 0 Å². The van der Waals surface area contributed by atoms with Gasteiger partial charge in [-0.05, 0) is 0 Å². The molecule has 0 heterocycles. The average molecular weight is 478 g/mol. The topological polar surface area (TPSA) is 18.5 Å². The number of hydrogen-bond donors (Lipinski definition) is 0. The van der Waals surface area contributed by atoms with Crippen LogP contribution in [0, 0.1) is 0 Å². The van der Waals surface area contributed by atoms with Crippen LogP contribution in [0.1, 0.15) is 0 Å². The molecule has 0 N–H and O–H groups in total. The summed E-state index contributed by atoms with van der Waals surface area (Å²) in [5, 5.41) is 0. The minimum absolute atomic E-state index is 0.0500. The van der Waals surface area contributed by atoms with Crippen LogP contribution in [0.2, 0.25) is 0 Å². The van der Waals surface area contributed by atoms with Crippen LogP contribution in [0.3, 0.4) is 0 Å². The number of ether oxygens (including phenoxy) is 2. The molecule has 4 saturated carbocycles. The second-order valence-corrected chi connectivity index (χ2v) is 6.70. The summed E-state index contributed by atoms with van der Waals surface area (Å²) in [5.74, 6) is -46.2. The Hall–Kier alpha value is -1.55. The number of halogens is 15. The van der Waals surface area contributed by atoms with E-state index in [9.17, 15) is 65.9 Å². The minimum Gasteiger partial charge on any atom is -0.476 e. The molecule has 0 aromatic carbocycles. The molecule has 4 aliphatic rings. The third-order valence-corrected chi connectivity index (χ3v) is 5.68. The first kappa shape index (κ1) is 23.1. The van der Waals surface area contributed by atoms with E-state index in [0.717, 1.165) is 0 Å². The predicted molar refractivity (Wildman–Crippen MR) is 61.2 cm³/mol. The van der Waals surface area contributed by atoms with Crippen molar-refractivity contribution in [2.75, 3.05) is 6.79 Å². The van der Waals surface area contributed by atoms with Gasteiger partial charge in [0.1, 0.15) is 0 Å². The molecule has 4 aliphatic carbocycles. The molecule has 0 aliphatic heterocycles. The lowest BCUT2D eigenvalue weighted by Crippen LogP contribution is -3.09. The van der Waals surface area contributed by atoms with Gasteiger partial charge in [-0.3, -0.25) is 0 Å². The maximum absolute atomic E-state index is 14.6. The van der Waals surface area contributed by atoms with Gasteiger partial charge in [-0.2, -0.15) is 52.7 Å². The minimum atomic E-state index is -7.82. The molecule has 4 bridgehead atoms. The van der Waals surface area contributed by atoms with Gasteiger partial charge in [-0.25, -0.2) is 13.2 Å². The largest absolute Gasteiger partial charge is 0.476 e. The van der Waals surface area contributed by atoms with E-state index in [1.165, 1.54) is 0 Å². The first-order valence-corrected chi connectivity index (χ1v) is 7.26. The lowest BCUT2D eigenvalue weighted by Gasteiger charge is -2.74. The molecule has 2 nitrogen and oxygen atoms in total. The maximum atomic E-state index is 14.6. The van der Waals surface area contributed by atoms with Crippen LogP contribution in [0.15, 0.2) is 12.8 Å². The molecule has 4 fully saturated rings. The fourth-order valence-corrected chi connectivity index (χ4v) is 4.25. The lowest BCUT2D eigenvalue weighted by molar-refractivity contribution is -0.620. The molecule has 0 radical (unpaired) electrons. The average Bonchev–Trinajstić information content (AvgIpc) is 2.58. The van der Waals surface area contributed by atoms with Crippen LogP contribution in [0.4, 0.5) is 65.9 Å². The monoisotopic (exact) mass is 478 g/mol. The Kier molecular flexibility index (Phi) is 3.79. The summed E-state index contributed by atoms with van der Waals surface area (Å²) < 4.78 is 222.